The third kappa shape index (κ3) is 3.83. The van der Waals surface area contributed by atoms with E-state index in [9.17, 15) is 4.79 Å². The van der Waals surface area contributed by atoms with Crippen LogP contribution in [0.4, 0.5) is 5.69 Å². The molecule has 2 aliphatic rings. The van der Waals surface area contributed by atoms with E-state index >= 15 is 0 Å². The van der Waals surface area contributed by atoms with Crippen LogP contribution in [0.15, 0.2) is 45.1 Å². The number of anilines is 1. The number of benzene rings is 1. The number of carbonyl (C=O) groups excluding carboxylic acids is 1. The highest BCUT2D eigenvalue weighted by Crippen LogP contribution is 2.40. The van der Waals surface area contributed by atoms with E-state index in [0.29, 0.717) is 31.6 Å². The Bertz CT molecular complexity index is 866. The van der Waals surface area contributed by atoms with Crippen LogP contribution < -0.4 is 5.32 Å². The fourth-order valence-corrected chi connectivity index (χ4v) is 2.86. The normalized spacial score (nSPS) is 16.9. The summed E-state index contributed by atoms with van der Waals surface area (Å²) >= 11 is 0. The van der Waals surface area contributed by atoms with Crippen molar-refractivity contribution in [3.63, 3.8) is 0 Å². The molecule has 6 heteroatoms. The fourth-order valence-electron chi connectivity index (χ4n) is 2.86. The lowest BCUT2D eigenvalue weighted by molar-refractivity contribution is -0.116. The first-order chi connectivity index (χ1) is 12.7. The maximum absolute atomic E-state index is 12.1. The monoisotopic (exact) mass is 348 g/mol. The SMILES string of the molecule is C#CCCC1(CCC(=O)Nc2ccc(-c3cnc(C4CC4)o3)cc2)N=N1. The number of oxazole rings is 1. The highest BCUT2D eigenvalue weighted by Gasteiger charge is 2.39. The summed E-state index contributed by atoms with van der Waals surface area (Å²) in [6, 6.07) is 7.58. The van der Waals surface area contributed by atoms with Gasteiger partial charge in [-0.1, -0.05) is 0 Å². The number of terminal acetylenes is 1. The van der Waals surface area contributed by atoms with Crippen LogP contribution in [-0.4, -0.2) is 16.6 Å². The second kappa shape index (κ2) is 6.75. The Hall–Kier alpha value is -2.94. The lowest BCUT2D eigenvalue weighted by Crippen LogP contribution is -2.17. The molecule has 1 fully saturated rings. The number of carbonyl (C=O) groups is 1. The highest BCUT2D eigenvalue weighted by molar-refractivity contribution is 5.91. The number of hydrogen-bond donors (Lipinski definition) is 1. The number of hydrogen-bond acceptors (Lipinski definition) is 5. The molecule has 6 nitrogen and oxygen atoms in total. The van der Waals surface area contributed by atoms with Crippen molar-refractivity contribution >= 4 is 11.6 Å². The van der Waals surface area contributed by atoms with Gasteiger partial charge in [0.05, 0.1) is 6.20 Å². The van der Waals surface area contributed by atoms with Crippen molar-refractivity contribution in [3.05, 3.63) is 36.4 Å². The lowest BCUT2D eigenvalue weighted by atomic mass is 10.0. The Labute approximate surface area is 152 Å². The number of aromatic nitrogens is 1. The van der Waals surface area contributed by atoms with Crippen LogP contribution in [0.5, 0.6) is 0 Å². The molecule has 1 aromatic heterocycles. The van der Waals surface area contributed by atoms with E-state index in [2.05, 4.69) is 26.4 Å². The van der Waals surface area contributed by atoms with Gasteiger partial charge in [0, 0.05) is 42.9 Å². The Morgan fingerprint density at radius 1 is 1.27 bits per heavy atom. The minimum Gasteiger partial charge on any atom is -0.440 e. The summed E-state index contributed by atoms with van der Waals surface area (Å²) in [7, 11) is 0. The zero-order chi connectivity index (χ0) is 18.0. The van der Waals surface area contributed by atoms with Crippen LogP contribution in [0.1, 0.15) is 50.3 Å². The van der Waals surface area contributed by atoms with Gasteiger partial charge in [0.25, 0.3) is 0 Å². The molecule has 0 atom stereocenters. The topological polar surface area (TPSA) is 79.9 Å². The Morgan fingerprint density at radius 3 is 2.69 bits per heavy atom. The molecule has 1 aliphatic heterocycles. The van der Waals surface area contributed by atoms with Crippen molar-refractivity contribution in [1.82, 2.24) is 4.98 Å². The molecule has 0 spiro atoms. The molecule has 1 aliphatic carbocycles. The van der Waals surface area contributed by atoms with Crippen LogP contribution in [0, 0.1) is 12.3 Å². The molecule has 4 rings (SSSR count). The van der Waals surface area contributed by atoms with Crippen molar-refractivity contribution in [2.45, 2.75) is 50.1 Å². The van der Waals surface area contributed by atoms with Gasteiger partial charge in [-0.15, -0.1) is 12.3 Å². The molecule has 2 heterocycles. The molecule has 1 aromatic carbocycles. The van der Waals surface area contributed by atoms with Crippen LogP contribution in [0.25, 0.3) is 11.3 Å². The van der Waals surface area contributed by atoms with E-state index in [1.165, 1.54) is 0 Å². The number of amides is 1. The third-order valence-corrected chi connectivity index (χ3v) is 4.71. The molecule has 1 saturated carbocycles. The first-order valence-corrected chi connectivity index (χ1v) is 8.91. The van der Waals surface area contributed by atoms with Gasteiger partial charge in [0.15, 0.2) is 17.3 Å². The zero-order valence-corrected chi connectivity index (χ0v) is 14.4. The zero-order valence-electron chi connectivity index (χ0n) is 14.4. The van der Waals surface area contributed by atoms with Gasteiger partial charge in [0.1, 0.15) is 0 Å². The first-order valence-electron chi connectivity index (χ1n) is 8.91. The average molecular weight is 348 g/mol. The molecule has 26 heavy (non-hydrogen) atoms. The molecule has 1 amide bonds. The van der Waals surface area contributed by atoms with Crippen molar-refractivity contribution in [1.29, 1.82) is 0 Å². The largest absolute Gasteiger partial charge is 0.440 e. The molecule has 0 saturated heterocycles. The van der Waals surface area contributed by atoms with E-state index < -0.39 is 5.66 Å². The van der Waals surface area contributed by atoms with E-state index in [1.807, 2.05) is 24.3 Å². The summed E-state index contributed by atoms with van der Waals surface area (Å²) in [6.07, 6.45) is 11.7. The second-order valence-corrected chi connectivity index (χ2v) is 6.85. The van der Waals surface area contributed by atoms with Gasteiger partial charge in [0.2, 0.25) is 5.91 Å². The predicted molar refractivity (Wildman–Crippen MR) is 97.4 cm³/mol. The second-order valence-electron chi connectivity index (χ2n) is 6.85. The fraction of sp³-hybridized carbons (Fsp3) is 0.400. The maximum Gasteiger partial charge on any atom is 0.224 e. The first kappa shape index (κ1) is 16.5. The molecule has 2 aromatic rings. The van der Waals surface area contributed by atoms with Gasteiger partial charge in [-0.2, -0.15) is 10.2 Å². The van der Waals surface area contributed by atoms with E-state index in [-0.39, 0.29) is 5.91 Å². The summed E-state index contributed by atoms with van der Waals surface area (Å²) in [5.74, 6) is 4.62. The standard InChI is InChI=1S/C20H20N4O2/c1-2-3-11-20(23-24-20)12-10-18(25)22-16-8-6-14(7-9-16)17-13-21-19(26-17)15-4-5-15/h1,6-9,13,15H,3-5,10-12H2,(H,22,25). The van der Waals surface area contributed by atoms with Crippen molar-refractivity contribution < 1.29 is 9.21 Å². The van der Waals surface area contributed by atoms with Gasteiger partial charge in [-0.3, -0.25) is 4.79 Å². The smallest absolute Gasteiger partial charge is 0.224 e. The van der Waals surface area contributed by atoms with E-state index in [1.54, 1.807) is 6.20 Å². The van der Waals surface area contributed by atoms with E-state index in [0.717, 1.165) is 35.7 Å². The molecule has 1 N–H and O–H groups in total. The molecule has 0 unspecified atom stereocenters. The van der Waals surface area contributed by atoms with Crippen LogP contribution in [0.3, 0.4) is 0 Å². The number of nitrogens with one attached hydrogen (secondary N) is 1. The summed E-state index contributed by atoms with van der Waals surface area (Å²) in [6.45, 7) is 0. The Morgan fingerprint density at radius 2 is 2.04 bits per heavy atom. The third-order valence-electron chi connectivity index (χ3n) is 4.71. The number of rotatable bonds is 8. The lowest BCUT2D eigenvalue weighted by Gasteiger charge is -2.09. The van der Waals surface area contributed by atoms with Gasteiger partial charge < -0.3 is 9.73 Å². The van der Waals surface area contributed by atoms with Crippen molar-refractivity contribution in [3.8, 4) is 23.7 Å². The molecule has 132 valence electrons. The molecule has 0 radical (unpaired) electrons. The summed E-state index contributed by atoms with van der Waals surface area (Å²) in [4.78, 5) is 16.5. The van der Waals surface area contributed by atoms with Gasteiger partial charge in [-0.05, 0) is 37.1 Å². The molecular formula is C20H20N4O2. The maximum atomic E-state index is 12.1. The summed E-state index contributed by atoms with van der Waals surface area (Å²) in [5.41, 5.74) is 1.29. The Kier molecular flexibility index (Phi) is 4.29. The van der Waals surface area contributed by atoms with Crippen LogP contribution >= 0.6 is 0 Å². The van der Waals surface area contributed by atoms with Gasteiger partial charge in [-0.25, -0.2) is 4.98 Å². The quantitative estimate of drug-likeness (QED) is 0.713. The van der Waals surface area contributed by atoms with Gasteiger partial charge >= 0.3 is 0 Å². The van der Waals surface area contributed by atoms with Crippen LogP contribution in [0.2, 0.25) is 0 Å². The van der Waals surface area contributed by atoms with Crippen molar-refractivity contribution in [2.75, 3.05) is 5.32 Å². The summed E-state index contributed by atoms with van der Waals surface area (Å²) < 4.78 is 5.80. The predicted octanol–water partition coefficient (Wildman–Crippen LogP) is 4.51. The highest BCUT2D eigenvalue weighted by atomic mass is 16.4. The van der Waals surface area contributed by atoms with E-state index in [4.69, 9.17) is 10.8 Å². The molecule has 0 bridgehead atoms. The molecular weight excluding hydrogens is 328 g/mol. The Balaban J connectivity index is 1.29. The minimum absolute atomic E-state index is 0.0502. The average Bonchev–Trinajstić information content (AvgIpc) is 3.59. The number of nitrogens with zero attached hydrogens (tertiary/aromatic N) is 3. The van der Waals surface area contributed by atoms with Crippen LogP contribution in [-0.2, 0) is 4.79 Å². The van der Waals surface area contributed by atoms with Crippen molar-refractivity contribution in [2.24, 2.45) is 10.2 Å². The summed E-state index contributed by atoms with van der Waals surface area (Å²) in [5, 5.41) is 11.0. The minimum atomic E-state index is -0.418.